The Bertz CT molecular complexity index is 2040. The van der Waals surface area contributed by atoms with E-state index in [1.54, 1.807) is 4.90 Å². The molecule has 1 N–H and O–H groups in total. The Balaban J connectivity index is 1.32. The molecule has 2 atom stereocenters. The van der Waals surface area contributed by atoms with E-state index >= 15 is 4.79 Å². The van der Waals surface area contributed by atoms with Crippen molar-refractivity contribution in [2.45, 2.75) is 111 Å². The molecular formula is C48H57N5O. The van der Waals surface area contributed by atoms with Crippen LogP contribution in [0.3, 0.4) is 0 Å². The molecule has 2 aromatic heterocycles. The van der Waals surface area contributed by atoms with Gasteiger partial charge >= 0.3 is 0 Å². The van der Waals surface area contributed by atoms with Crippen LogP contribution in [0.1, 0.15) is 119 Å². The highest BCUT2D eigenvalue weighted by Gasteiger charge is 2.51. The van der Waals surface area contributed by atoms with Gasteiger partial charge in [0.2, 0.25) is 5.69 Å². The summed E-state index contributed by atoms with van der Waals surface area (Å²) in [7, 11) is 0. The molecule has 1 amide bonds. The molecule has 2 heterocycles. The molecule has 0 saturated heterocycles. The summed E-state index contributed by atoms with van der Waals surface area (Å²) in [5.41, 5.74) is 6.71. The summed E-state index contributed by atoms with van der Waals surface area (Å²) in [4.78, 5) is 26.7. The van der Waals surface area contributed by atoms with Crippen LogP contribution in [0.2, 0.25) is 0 Å². The normalized spacial score (nSPS) is 23.8. The smallest absolute Gasteiger partial charge is 0.270 e. The maximum atomic E-state index is 15.3. The zero-order valence-electron chi connectivity index (χ0n) is 32.8. The molecule has 0 aliphatic heterocycles. The van der Waals surface area contributed by atoms with E-state index in [1.807, 2.05) is 65.2 Å². The predicted octanol–water partition coefficient (Wildman–Crippen LogP) is 12.9. The second-order valence-corrected chi connectivity index (χ2v) is 17.8. The van der Waals surface area contributed by atoms with Gasteiger partial charge in [-0.15, -0.1) is 0 Å². The average Bonchev–Trinajstić information content (AvgIpc) is 3.74. The molecule has 3 fully saturated rings. The first-order chi connectivity index (χ1) is 26.2. The number of carbonyl (C=O) groups excluding carboxylic acids is 1. The van der Waals surface area contributed by atoms with E-state index in [9.17, 15) is 0 Å². The lowest BCUT2D eigenvalue weighted by Gasteiger charge is -2.56. The van der Waals surface area contributed by atoms with Crippen molar-refractivity contribution in [1.82, 2.24) is 14.6 Å². The van der Waals surface area contributed by atoms with Gasteiger partial charge in [0.05, 0.1) is 6.57 Å². The van der Waals surface area contributed by atoms with E-state index in [2.05, 4.69) is 61.9 Å². The number of fused-ring (bicyclic) bond motifs is 1. The molecule has 3 saturated carbocycles. The topological polar surface area (TPSA) is 57.8 Å². The average molecular weight is 720 g/mol. The largest absolute Gasteiger partial charge is 0.277 e. The number of anilines is 2. The van der Waals surface area contributed by atoms with Crippen LogP contribution in [0, 0.1) is 48.0 Å². The summed E-state index contributed by atoms with van der Waals surface area (Å²) in [5, 5.41) is 3.56. The molecule has 3 aliphatic rings. The number of aromatic nitrogens is 3. The molecule has 0 bridgehead atoms. The minimum absolute atomic E-state index is 0.234. The third-order valence-corrected chi connectivity index (χ3v) is 14.1. The molecular weight excluding hydrogens is 663 g/mol. The standard InChI is InChI=1S/C48H57N5O/c1-33-22-24-35(25-23-33)44-50-45-39(32-38-40(47(3)26-14-8-15-27-47)30-34(2)31-41(38)48(4)28-16-9-17-29-48)42(49-5)43(53(45)51-44)46(54)52(36-18-10-6-11-19-36)37-20-12-7-13-21-37/h6-7,10-13,18-25,34,38,40-41H,8-9,14-17,26-32H2,1-4H3,(H,50,51). The minimum Gasteiger partial charge on any atom is -0.277 e. The van der Waals surface area contributed by atoms with Crippen molar-refractivity contribution in [3.63, 3.8) is 0 Å². The number of hydrogen-bond donors (Lipinski definition) is 1. The molecule has 3 aromatic carbocycles. The fourth-order valence-electron chi connectivity index (χ4n) is 11.2. The molecule has 0 radical (unpaired) electrons. The van der Waals surface area contributed by atoms with Crippen molar-refractivity contribution in [2.24, 2.45) is 34.5 Å². The van der Waals surface area contributed by atoms with Crippen LogP contribution < -0.4 is 4.90 Å². The number of amides is 1. The monoisotopic (exact) mass is 719 g/mol. The molecule has 0 spiro atoms. The maximum absolute atomic E-state index is 15.3. The summed E-state index contributed by atoms with van der Waals surface area (Å²) in [6.07, 6.45) is 16.3. The number of rotatable bonds is 8. The first-order valence-electron chi connectivity index (χ1n) is 20.7. The van der Waals surface area contributed by atoms with Gasteiger partial charge in [-0.3, -0.25) is 14.8 Å². The molecule has 2 unspecified atom stereocenters. The Labute approximate surface area is 322 Å². The number of aromatic amines is 1. The predicted molar refractivity (Wildman–Crippen MR) is 220 cm³/mol. The van der Waals surface area contributed by atoms with Gasteiger partial charge < -0.3 is 0 Å². The number of nitrogens with zero attached hydrogens (tertiary/aromatic N) is 4. The third-order valence-electron chi connectivity index (χ3n) is 14.1. The van der Waals surface area contributed by atoms with Crippen molar-refractivity contribution in [2.75, 3.05) is 4.90 Å². The Morgan fingerprint density at radius 1 is 0.815 bits per heavy atom. The molecule has 5 aromatic rings. The van der Waals surface area contributed by atoms with Gasteiger partial charge in [0.15, 0.2) is 5.82 Å². The van der Waals surface area contributed by atoms with Crippen LogP contribution in [-0.4, -0.2) is 20.5 Å². The quantitative estimate of drug-likeness (QED) is 0.162. The van der Waals surface area contributed by atoms with Crippen molar-refractivity contribution >= 4 is 28.6 Å². The van der Waals surface area contributed by atoms with Crippen molar-refractivity contribution in [3.8, 4) is 11.4 Å². The van der Waals surface area contributed by atoms with Crippen molar-refractivity contribution in [1.29, 1.82) is 0 Å². The summed E-state index contributed by atoms with van der Waals surface area (Å²) < 4.78 is 1.86. The lowest BCUT2D eigenvalue weighted by molar-refractivity contribution is -0.0614. The highest BCUT2D eigenvalue weighted by Crippen LogP contribution is 2.60. The van der Waals surface area contributed by atoms with Crippen molar-refractivity contribution < 1.29 is 4.79 Å². The van der Waals surface area contributed by atoms with Gasteiger partial charge in [-0.25, -0.2) is 14.3 Å². The summed E-state index contributed by atoms with van der Waals surface area (Å²) >= 11 is 0. The second-order valence-electron chi connectivity index (χ2n) is 17.8. The van der Waals surface area contributed by atoms with E-state index in [0.29, 0.717) is 40.9 Å². The first kappa shape index (κ1) is 36.4. The molecule has 54 heavy (non-hydrogen) atoms. The second kappa shape index (κ2) is 14.9. The zero-order valence-corrected chi connectivity index (χ0v) is 32.8. The number of para-hydroxylation sites is 2. The lowest BCUT2D eigenvalue weighted by atomic mass is 9.49. The highest BCUT2D eigenvalue weighted by atomic mass is 16.2. The number of aryl methyl sites for hydroxylation is 1. The fraction of sp³-hybridized carbons (Fsp3) is 0.479. The number of nitrogens with one attached hydrogen (secondary N) is 1. The molecule has 6 nitrogen and oxygen atoms in total. The number of carbonyl (C=O) groups is 1. The molecule has 280 valence electrons. The summed E-state index contributed by atoms with van der Waals surface area (Å²) in [5.74, 6) is 2.72. The summed E-state index contributed by atoms with van der Waals surface area (Å²) in [6.45, 7) is 18.6. The minimum atomic E-state index is -0.234. The van der Waals surface area contributed by atoms with E-state index in [0.717, 1.165) is 34.6 Å². The maximum Gasteiger partial charge on any atom is 0.270 e. The van der Waals surface area contributed by atoms with Crippen LogP contribution in [0.5, 0.6) is 0 Å². The zero-order chi connectivity index (χ0) is 37.5. The van der Waals surface area contributed by atoms with Gasteiger partial charge in [-0.05, 0) is 111 Å². The SMILES string of the molecule is [C-]#[N+]c1c(CC2C(C3(C)CCCCC3)CC(C)CC2C2(C)CCCCC2)c2nc(-c3ccc(C)cc3)[nH]n2c1C(=O)N(c1ccccc1)c1ccccc1. The van der Waals surface area contributed by atoms with E-state index in [1.165, 1.54) is 82.6 Å². The number of benzene rings is 3. The van der Waals surface area contributed by atoms with Crippen LogP contribution in [-0.2, 0) is 6.42 Å². The number of H-pyrrole nitrogens is 1. The Morgan fingerprint density at radius 3 is 1.83 bits per heavy atom. The van der Waals surface area contributed by atoms with Gasteiger partial charge in [0.1, 0.15) is 11.3 Å². The van der Waals surface area contributed by atoms with E-state index in [-0.39, 0.29) is 16.7 Å². The fourth-order valence-corrected chi connectivity index (χ4v) is 11.2. The molecule has 3 aliphatic carbocycles. The van der Waals surface area contributed by atoms with E-state index < -0.39 is 0 Å². The highest BCUT2D eigenvalue weighted by molar-refractivity contribution is 6.14. The first-order valence-corrected chi connectivity index (χ1v) is 20.7. The van der Waals surface area contributed by atoms with Gasteiger partial charge in [-0.2, -0.15) is 0 Å². The van der Waals surface area contributed by atoms with E-state index in [4.69, 9.17) is 11.6 Å². The lowest BCUT2D eigenvalue weighted by Crippen LogP contribution is -2.48. The molecule has 8 rings (SSSR count). The Hall–Kier alpha value is -4.63. The van der Waals surface area contributed by atoms with Crippen LogP contribution >= 0.6 is 0 Å². The Kier molecular flexibility index (Phi) is 10.0. The van der Waals surface area contributed by atoms with Gasteiger partial charge in [-0.1, -0.05) is 126 Å². The Morgan fingerprint density at radius 2 is 1.33 bits per heavy atom. The third kappa shape index (κ3) is 6.69. The van der Waals surface area contributed by atoms with Gasteiger partial charge in [0.25, 0.3) is 5.91 Å². The van der Waals surface area contributed by atoms with Crippen LogP contribution in [0.25, 0.3) is 21.9 Å². The number of hydrogen-bond acceptors (Lipinski definition) is 2. The van der Waals surface area contributed by atoms with Crippen molar-refractivity contribution in [3.05, 3.63) is 113 Å². The van der Waals surface area contributed by atoms with Gasteiger partial charge in [0, 0.05) is 22.5 Å². The van der Waals surface area contributed by atoms with Crippen LogP contribution in [0.15, 0.2) is 84.9 Å². The van der Waals surface area contributed by atoms with Crippen LogP contribution in [0.4, 0.5) is 17.1 Å². The summed E-state index contributed by atoms with van der Waals surface area (Å²) in [6, 6.07) is 28.0. The molecule has 6 heteroatoms.